The number of carbonyl (C=O) groups excluding carboxylic acids is 1. The van der Waals surface area contributed by atoms with Crippen molar-refractivity contribution in [2.24, 2.45) is 0 Å². The molecule has 2 rings (SSSR count). The predicted octanol–water partition coefficient (Wildman–Crippen LogP) is 1.31. The fraction of sp³-hybridized carbons (Fsp3) is 0.385. The normalized spacial score (nSPS) is 13.8. The van der Waals surface area contributed by atoms with Gasteiger partial charge in [0, 0.05) is 25.9 Å². The molecule has 5 heteroatoms. The maximum absolute atomic E-state index is 11.8. The van der Waals surface area contributed by atoms with Gasteiger partial charge in [0.1, 0.15) is 0 Å². The first-order valence-corrected chi connectivity index (χ1v) is 5.79. The van der Waals surface area contributed by atoms with Gasteiger partial charge in [0.2, 0.25) is 5.91 Å². The summed E-state index contributed by atoms with van der Waals surface area (Å²) >= 11 is 0. The number of carboxylic acids is 1. The van der Waals surface area contributed by atoms with Gasteiger partial charge >= 0.3 is 5.97 Å². The van der Waals surface area contributed by atoms with Gasteiger partial charge in [0.25, 0.3) is 0 Å². The van der Waals surface area contributed by atoms with Crippen LogP contribution in [0.2, 0.25) is 0 Å². The van der Waals surface area contributed by atoms with Crippen LogP contribution in [-0.2, 0) is 16.0 Å². The SMILES string of the molecule is COCCCN1C(=O)Cc2ccc(C(=O)O)cc21. The standard InChI is InChI=1S/C13H15NO4/c1-18-6-2-5-14-11-7-10(13(16)17)4-3-9(11)8-12(14)15/h3-4,7H,2,5-6,8H2,1H3,(H,16,17). The second-order valence-electron chi connectivity index (χ2n) is 4.22. The number of amides is 1. The largest absolute Gasteiger partial charge is 0.478 e. The molecule has 0 unspecified atom stereocenters. The summed E-state index contributed by atoms with van der Waals surface area (Å²) in [4.78, 5) is 24.4. The van der Waals surface area contributed by atoms with Crippen LogP contribution in [0.4, 0.5) is 5.69 Å². The van der Waals surface area contributed by atoms with Crippen LogP contribution in [0, 0.1) is 0 Å². The first kappa shape index (κ1) is 12.6. The second-order valence-corrected chi connectivity index (χ2v) is 4.22. The zero-order chi connectivity index (χ0) is 13.1. The molecule has 0 spiro atoms. The van der Waals surface area contributed by atoms with Crippen molar-refractivity contribution in [3.8, 4) is 0 Å². The van der Waals surface area contributed by atoms with E-state index < -0.39 is 5.97 Å². The van der Waals surface area contributed by atoms with Crippen molar-refractivity contribution in [1.29, 1.82) is 0 Å². The number of benzene rings is 1. The number of aromatic carboxylic acids is 1. The molecular formula is C13H15NO4. The highest BCUT2D eigenvalue weighted by Crippen LogP contribution is 2.30. The minimum Gasteiger partial charge on any atom is -0.478 e. The van der Waals surface area contributed by atoms with E-state index in [1.54, 1.807) is 24.1 Å². The van der Waals surface area contributed by atoms with Crippen molar-refractivity contribution in [3.05, 3.63) is 29.3 Å². The zero-order valence-electron chi connectivity index (χ0n) is 10.2. The summed E-state index contributed by atoms with van der Waals surface area (Å²) < 4.78 is 4.95. The third kappa shape index (κ3) is 2.36. The van der Waals surface area contributed by atoms with E-state index in [4.69, 9.17) is 9.84 Å². The Morgan fingerprint density at radius 3 is 2.94 bits per heavy atom. The molecule has 1 aliphatic heterocycles. The van der Waals surface area contributed by atoms with Crippen LogP contribution in [0.15, 0.2) is 18.2 Å². The van der Waals surface area contributed by atoms with E-state index in [0.29, 0.717) is 19.6 Å². The molecule has 0 aromatic heterocycles. The molecule has 0 fully saturated rings. The van der Waals surface area contributed by atoms with E-state index in [1.165, 1.54) is 6.07 Å². The number of hydrogen-bond donors (Lipinski definition) is 1. The molecule has 96 valence electrons. The smallest absolute Gasteiger partial charge is 0.335 e. The number of rotatable bonds is 5. The van der Waals surface area contributed by atoms with Crippen LogP contribution in [-0.4, -0.2) is 37.2 Å². The molecule has 0 aliphatic carbocycles. The van der Waals surface area contributed by atoms with E-state index in [-0.39, 0.29) is 11.5 Å². The van der Waals surface area contributed by atoms with Gasteiger partial charge in [-0.15, -0.1) is 0 Å². The lowest BCUT2D eigenvalue weighted by molar-refractivity contribution is -0.117. The van der Waals surface area contributed by atoms with E-state index >= 15 is 0 Å². The Hall–Kier alpha value is -1.88. The maximum atomic E-state index is 11.8. The summed E-state index contributed by atoms with van der Waals surface area (Å²) in [7, 11) is 1.61. The minimum atomic E-state index is -0.978. The van der Waals surface area contributed by atoms with Crippen molar-refractivity contribution >= 4 is 17.6 Å². The molecular weight excluding hydrogens is 234 g/mol. The molecule has 1 aromatic carbocycles. The van der Waals surface area contributed by atoms with Crippen molar-refractivity contribution in [3.63, 3.8) is 0 Å². The predicted molar refractivity (Wildman–Crippen MR) is 66.0 cm³/mol. The van der Waals surface area contributed by atoms with Gasteiger partial charge in [-0.3, -0.25) is 4.79 Å². The number of anilines is 1. The molecule has 0 radical (unpaired) electrons. The highest BCUT2D eigenvalue weighted by atomic mass is 16.5. The summed E-state index contributed by atoms with van der Waals surface area (Å²) in [5, 5.41) is 8.96. The third-order valence-electron chi connectivity index (χ3n) is 3.00. The van der Waals surface area contributed by atoms with Crippen LogP contribution in [0.1, 0.15) is 22.3 Å². The number of fused-ring (bicyclic) bond motifs is 1. The molecule has 0 saturated heterocycles. The number of carboxylic acid groups (broad SMARTS) is 1. The summed E-state index contributed by atoms with van der Waals surface area (Å²) in [5.74, 6) is -0.961. The molecule has 18 heavy (non-hydrogen) atoms. The number of nitrogens with zero attached hydrogens (tertiary/aromatic N) is 1. The van der Waals surface area contributed by atoms with E-state index in [0.717, 1.165) is 17.7 Å². The number of carbonyl (C=O) groups is 2. The van der Waals surface area contributed by atoms with Gasteiger partial charge in [0.05, 0.1) is 12.0 Å². The van der Waals surface area contributed by atoms with Gasteiger partial charge in [-0.25, -0.2) is 4.79 Å². The molecule has 1 aromatic rings. The lowest BCUT2D eigenvalue weighted by Gasteiger charge is -2.17. The lowest BCUT2D eigenvalue weighted by Crippen LogP contribution is -2.28. The highest BCUT2D eigenvalue weighted by molar-refractivity contribution is 6.03. The van der Waals surface area contributed by atoms with E-state index in [9.17, 15) is 9.59 Å². The van der Waals surface area contributed by atoms with Crippen molar-refractivity contribution in [2.45, 2.75) is 12.8 Å². The topological polar surface area (TPSA) is 66.8 Å². The van der Waals surface area contributed by atoms with Crippen LogP contribution >= 0.6 is 0 Å². The number of methoxy groups -OCH3 is 1. The van der Waals surface area contributed by atoms with E-state index in [2.05, 4.69) is 0 Å². The van der Waals surface area contributed by atoms with Gasteiger partial charge in [-0.05, 0) is 24.1 Å². The van der Waals surface area contributed by atoms with Crippen LogP contribution < -0.4 is 4.90 Å². The maximum Gasteiger partial charge on any atom is 0.335 e. The molecule has 0 atom stereocenters. The summed E-state index contributed by atoms with van der Waals surface area (Å²) in [5.41, 5.74) is 1.82. The zero-order valence-corrected chi connectivity index (χ0v) is 10.2. The average molecular weight is 249 g/mol. The minimum absolute atomic E-state index is 0.0173. The summed E-state index contributed by atoms with van der Waals surface area (Å²) in [6.45, 7) is 1.14. The van der Waals surface area contributed by atoms with Gasteiger partial charge in [-0.1, -0.05) is 6.07 Å². The molecule has 0 bridgehead atoms. The quantitative estimate of drug-likeness (QED) is 0.799. The molecule has 1 N–H and O–H groups in total. The monoisotopic (exact) mass is 249 g/mol. The Labute approximate surface area is 105 Å². The fourth-order valence-electron chi connectivity index (χ4n) is 2.10. The van der Waals surface area contributed by atoms with E-state index in [1.807, 2.05) is 0 Å². The number of hydrogen-bond acceptors (Lipinski definition) is 3. The fourth-order valence-corrected chi connectivity index (χ4v) is 2.10. The molecule has 0 saturated carbocycles. The average Bonchev–Trinajstić information content (AvgIpc) is 2.65. The second kappa shape index (κ2) is 5.18. The Morgan fingerprint density at radius 2 is 2.28 bits per heavy atom. The van der Waals surface area contributed by atoms with Crippen LogP contribution in [0.3, 0.4) is 0 Å². The Balaban J connectivity index is 2.22. The van der Waals surface area contributed by atoms with Gasteiger partial charge < -0.3 is 14.7 Å². The Bertz CT molecular complexity index is 484. The Morgan fingerprint density at radius 1 is 1.50 bits per heavy atom. The third-order valence-corrected chi connectivity index (χ3v) is 3.00. The van der Waals surface area contributed by atoms with Crippen molar-refractivity contribution in [1.82, 2.24) is 0 Å². The molecule has 5 nitrogen and oxygen atoms in total. The van der Waals surface area contributed by atoms with Crippen molar-refractivity contribution in [2.75, 3.05) is 25.2 Å². The summed E-state index contributed by atoms with van der Waals surface area (Å²) in [6, 6.07) is 4.81. The summed E-state index contributed by atoms with van der Waals surface area (Å²) in [6.07, 6.45) is 1.08. The van der Waals surface area contributed by atoms with Gasteiger partial charge in [-0.2, -0.15) is 0 Å². The lowest BCUT2D eigenvalue weighted by atomic mass is 10.1. The highest BCUT2D eigenvalue weighted by Gasteiger charge is 2.27. The molecule has 1 heterocycles. The first-order valence-electron chi connectivity index (χ1n) is 5.79. The molecule has 1 aliphatic rings. The van der Waals surface area contributed by atoms with Crippen LogP contribution in [0.25, 0.3) is 0 Å². The Kier molecular flexibility index (Phi) is 3.62. The molecule has 1 amide bonds. The number of ether oxygens (including phenoxy) is 1. The van der Waals surface area contributed by atoms with Crippen molar-refractivity contribution < 1.29 is 19.4 Å². The first-order chi connectivity index (χ1) is 8.63. The van der Waals surface area contributed by atoms with Gasteiger partial charge in [0.15, 0.2) is 0 Å². The van der Waals surface area contributed by atoms with Crippen LogP contribution in [0.5, 0.6) is 0 Å².